The maximum atomic E-state index is 12.5. The van der Waals surface area contributed by atoms with Crippen molar-refractivity contribution in [2.75, 3.05) is 13.1 Å². The Morgan fingerprint density at radius 3 is 3.10 bits per heavy atom. The minimum Gasteiger partial charge on any atom is -0.338 e. The number of carbonyl (C=O) groups is 1. The van der Waals surface area contributed by atoms with E-state index < -0.39 is 0 Å². The van der Waals surface area contributed by atoms with Gasteiger partial charge in [-0.1, -0.05) is 6.07 Å². The molecule has 2 aliphatic heterocycles. The van der Waals surface area contributed by atoms with Crippen molar-refractivity contribution in [2.45, 2.75) is 50.6 Å². The van der Waals surface area contributed by atoms with E-state index in [1.54, 1.807) is 6.20 Å². The normalized spacial score (nSPS) is 26.1. The van der Waals surface area contributed by atoms with E-state index in [2.05, 4.69) is 15.2 Å². The molecule has 20 heavy (non-hydrogen) atoms. The van der Waals surface area contributed by atoms with E-state index in [0.29, 0.717) is 24.4 Å². The summed E-state index contributed by atoms with van der Waals surface area (Å²) in [7, 11) is 0. The van der Waals surface area contributed by atoms with Gasteiger partial charge in [-0.3, -0.25) is 9.78 Å². The van der Waals surface area contributed by atoms with Gasteiger partial charge in [0.2, 0.25) is 5.91 Å². The third kappa shape index (κ3) is 3.01. The van der Waals surface area contributed by atoms with E-state index in [4.69, 9.17) is 0 Å². The van der Waals surface area contributed by atoms with Crippen molar-refractivity contribution >= 4 is 5.91 Å². The number of nitrogens with zero attached hydrogens (tertiary/aromatic N) is 2. The Balaban J connectivity index is 1.55. The molecule has 4 heteroatoms. The zero-order valence-electron chi connectivity index (χ0n) is 11.9. The average Bonchev–Trinajstić information content (AvgIpc) is 3.15. The molecule has 1 amide bonds. The summed E-state index contributed by atoms with van der Waals surface area (Å²) in [6.45, 7) is 2.05. The largest absolute Gasteiger partial charge is 0.338 e. The molecule has 0 saturated carbocycles. The summed E-state index contributed by atoms with van der Waals surface area (Å²) >= 11 is 0. The summed E-state index contributed by atoms with van der Waals surface area (Å²) in [5.41, 5.74) is 1.15. The molecule has 3 heterocycles. The van der Waals surface area contributed by atoms with Gasteiger partial charge in [-0.25, -0.2) is 0 Å². The number of likely N-dealkylation sites (tertiary alicyclic amines) is 1. The summed E-state index contributed by atoms with van der Waals surface area (Å²) < 4.78 is 0. The van der Waals surface area contributed by atoms with Crippen LogP contribution in [-0.4, -0.2) is 41.0 Å². The Morgan fingerprint density at radius 2 is 2.35 bits per heavy atom. The second-order valence-electron chi connectivity index (χ2n) is 5.86. The van der Waals surface area contributed by atoms with Crippen molar-refractivity contribution in [2.24, 2.45) is 0 Å². The molecular weight excluding hydrogens is 250 g/mol. The minimum atomic E-state index is 0.310. The van der Waals surface area contributed by atoms with E-state index >= 15 is 0 Å². The van der Waals surface area contributed by atoms with Crippen LogP contribution in [0.15, 0.2) is 24.5 Å². The van der Waals surface area contributed by atoms with Crippen molar-refractivity contribution in [1.82, 2.24) is 15.2 Å². The van der Waals surface area contributed by atoms with Gasteiger partial charge in [0.15, 0.2) is 0 Å². The smallest absolute Gasteiger partial charge is 0.223 e. The third-order valence-electron chi connectivity index (χ3n) is 4.53. The topological polar surface area (TPSA) is 45.2 Å². The average molecular weight is 273 g/mol. The number of amides is 1. The molecule has 2 unspecified atom stereocenters. The predicted octanol–water partition coefficient (Wildman–Crippen LogP) is 1.76. The van der Waals surface area contributed by atoms with Crippen LogP contribution in [0.3, 0.4) is 0 Å². The van der Waals surface area contributed by atoms with Crippen molar-refractivity contribution < 1.29 is 4.79 Å². The molecule has 0 bridgehead atoms. The molecule has 3 rings (SSSR count). The Bertz CT molecular complexity index is 442. The molecule has 2 atom stereocenters. The maximum absolute atomic E-state index is 12.5. The molecular formula is C16H23N3O. The minimum absolute atomic E-state index is 0.310. The van der Waals surface area contributed by atoms with Gasteiger partial charge in [-0.05, 0) is 50.3 Å². The summed E-state index contributed by atoms with van der Waals surface area (Å²) in [4.78, 5) is 18.7. The highest BCUT2D eigenvalue weighted by atomic mass is 16.2. The molecule has 1 N–H and O–H groups in total. The summed E-state index contributed by atoms with van der Waals surface area (Å²) in [5, 5.41) is 3.55. The van der Waals surface area contributed by atoms with Gasteiger partial charge in [-0.15, -0.1) is 0 Å². The van der Waals surface area contributed by atoms with Crippen LogP contribution in [0.4, 0.5) is 0 Å². The van der Waals surface area contributed by atoms with Crippen LogP contribution >= 0.6 is 0 Å². The van der Waals surface area contributed by atoms with Crippen LogP contribution in [0.1, 0.15) is 37.7 Å². The second-order valence-corrected chi connectivity index (χ2v) is 5.86. The lowest BCUT2D eigenvalue weighted by atomic mass is 10.0. The van der Waals surface area contributed by atoms with Crippen LogP contribution in [0.2, 0.25) is 0 Å². The number of aryl methyl sites for hydroxylation is 1. The standard InChI is InChI=1S/C16H23N3O/c20-16(8-7-13-4-1-9-17-12-13)19-11-3-6-15(19)14-5-2-10-18-14/h1,4,9,12,14-15,18H,2-3,5-8,10-11H2. The van der Waals surface area contributed by atoms with Crippen molar-refractivity contribution in [1.29, 1.82) is 0 Å². The number of hydrogen-bond acceptors (Lipinski definition) is 3. The summed E-state index contributed by atoms with van der Waals surface area (Å²) in [6, 6.07) is 4.93. The number of rotatable bonds is 4. The fourth-order valence-electron chi connectivity index (χ4n) is 3.50. The number of nitrogens with one attached hydrogen (secondary N) is 1. The van der Waals surface area contributed by atoms with E-state index in [-0.39, 0.29) is 0 Å². The fourth-order valence-corrected chi connectivity index (χ4v) is 3.50. The lowest BCUT2D eigenvalue weighted by molar-refractivity contribution is -0.132. The van der Waals surface area contributed by atoms with Gasteiger partial charge in [0.05, 0.1) is 0 Å². The molecule has 2 aliphatic rings. The molecule has 0 spiro atoms. The van der Waals surface area contributed by atoms with Crippen molar-refractivity contribution in [3.8, 4) is 0 Å². The maximum Gasteiger partial charge on any atom is 0.223 e. The van der Waals surface area contributed by atoms with Gasteiger partial charge in [0.1, 0.15) is 0 Å². The van der Waals surface area contributed by atoms with Gasteiger partial charge < -0.3 is 10.2 Å². The Kier molecular flexibility index (Phi) is 4.31. The number of hydrogen-bond donors (Lipinski definition) is 1. The quantitative estimate of drug-likeness (QED) is 0.909. The summed E-state index contributed by atoms with van der Waals surface area (Å²) in [6.07, 6.45) is 9.82. The van der Waals surface area contributed by atoms with Crippen LogP contribution in [0, 0.1) is 0 Å². The predicted molar refractivity (Wildman–Crippen MR) is 78.3 cm³/mol. The Hall–Kier alpha value is -1.42. The number of carbonyl (C=O) groups excluding carboxylic acids is 1. The molecule has 2 fully saturated rings. The van der Waals surface area contributed by atoms with Crippen LogP contribution in [0.25, 0.3) is 0 Å². The first kappa shape index (κ1) is 13.6. The second kappa shape index (κ2) is 6.35. The van der Waals surface area contributed by atoms with Crippen LogP contribution < -0.4 is 5.32 Å². The first-order valence-corrected chi connectivity index (χ1v) is 7.76. The van der Waals surface area contributed by atoms with Gasteiger partial charge >= 0.3 is 0 Å². The molecule has 0 radical (unpaired) electrons. The fraction of sp³-hybridized carbons (Fsp3) is 0.625. The molecule has 1 aromatic rings. The van der Waals surface area contributed by atoms with E-state index in [1.165, 1.54) is 12.8 Å². The monoisotopic (exact) mass is 273 g/mol. The van der Waals surface area contributed by atoms with Crippen LogP contribution in [0.5, 0.6) is 0 Å². The number of pyridine rings is 1. The molecule has 0 aliphatic carbocycles. The van der Waals surface area contributed by atoms with Crippen molar-refractivity contribution in [3.63, 3.8) is 0 Å². The van der Waals surface area contributed by atoms with E-state index in [0.717, 1.165) is 37.9 Å². The highest BCUT2D eigenvalue weighted by Crippen LogP contribution is 2.25. The van der Waals surface area contributed by atoms with Gasteiger partial charge in [0.25, 0.3) is 0 Å². The zero-order chi connectivity index (χ0) is 13.8. The highest BCUT2D eigenvalue weighted by molar-refractivity contribution is 5.77. The lowest BCUT2D eigenvalue weighted by Gasteiger charge is -2.29. The van der Waals surface area contributed by atoms with Crippen LogP contribution in [-0.2, 0) is 11.2 Å². The molecule has 1 aromatic heterocycles. The summed E-state index contributed by atoms with van der Waals surface area (Å²) in [5.74, 6) is 0.310. The molecule has 2 saturated heterocycles. The molecule has 0 aromatic carbocycles. The highest BCUT2D eigenvalue weighted by Gasteiger charge is 2.35. The first-order valence-electron chi connectivity index (χ1n) is 7.76. The molecule has 4 nitrogen and oxygen atoms in total. The van der Waals surface area contributed by atoms with Crippen molar-refractivity contribution in [3.05, 3.63) is 30.1 Å². The third-order valence-corrected chi connectivity index (χ3v) is 4.53. The van der Waals surface area contributed by atoms with Gasteiger partial charge in [-0.2, -0.15) is 0 Å². The SMILES string of the molecule is O=C(CCc1cccnc1)N1CCCC1C1CCCN1. The van der Waals surface area contributed by atoms with E-state index in [9.17, 15) is 4.79 Å². The Labute approximate surface area is 120 Å². The van der Waals surface area contributed by atoms with Gasteiger partial charge in [0, 0.05) is 37.4 Å². The zero-order valence-corrected chi connectivity index (χ0v) is 11.9. The first-order chi connectivity index (χ1) is 9.84. The number of aromatic nitrogens is 1. The molecule has 108 valence electrons. The lowest BCUT2D eigenvalue weighted by Crippen LogP contribution is -2.46. The Morgan fingerprint density at radius 1 is 1.40 bits per heavy atom. The van der Waals surface area contributed by atoms with E-state index in [1.807, 2.05) is 18.3 Å².